The molecular weight excluding hydrogens is 112 g/mol. The maximum absolute atomic E-state index is 5.47. The van der Waals surface area contributed by atoms with E-state index in [1.54, 1.807) is 0 Å². The van der Waals surface area contributed by atoms with Crippen molar-refractivity contribution in [3.63, 3.8) is 0 Å². The smallest absolute Gasteiger partial charge is 0.00191 e. The van der Waals surface area contributed by atoms with Crippen LogP contribution in [-0.4, -0.2) is 31.1 Å². The molecule has 0 bridgehead atoms. The molecule has 1 aliphatic rings. The lowest BCUT2D eigenvalue weighted by atomic mass is 10.1. The number of nitrogens with two attached hydrogens (primary N) is 1. The summed E-state index contributed by atoms with van der Waals surface area (Å²) in [4.78, 5) is 2.46. The summed E-state index contributed by atoms with van der Waals surface area (Å²) in [6.07, 6.45) is 1.39. The largest absolute Gasteiger partial charge is 0.330 e. The second kappa shape index (κ2) is 3.18. The summed E-state index contributed by atoms with van der Waals surface area (Å²) in [6, 6.07) is 0. The van der Waals surface area contributed by atoms with Crippen molar-refractivity contribution in [1.82, 2.24) is 4.90 Å². The molecule has 1 unspecified atom stereocenters. The Morgan fingerprint density at radius 3 is 2.56 bits per heavy atom. The van der Waals surface area contributed by atoms with Crippen LogP contribution in [0.25, 0.3) is 0 Å². The summed E-state index contributed by atoms with van der Waals surface area (Å²) >= 11 is 0. The topological polar surface area (TPSA) is 29.3 Å². The normalized spacial score (nSPS) is 23.3. The molecule has 2 nitrogen and oxygen atoms in total. The number of hydrogen-bond acceptors (Lipinski definition) is 2. The molecule has 1 atom stereocenters. The van der Waals surface area contributed by atoms with Crippen molar-refractivity contribution in [2.75, 3.05) is 26.2 Å². The Hall–Kier alpha value is -0.0800. The Kier molecular flexibility index (Phi) is 2.49. The minimum Gasteiger partial charge on any atom is -0.330 e. The molecule has 0 saturated carbocycles. The summed E-state index contributed by atoms with van der Waals surface area (Å²) in [6.45, 7) is 6.83. The van der Waals surface area contributed by atoms with E-state index in [-0.39, 0.29) is 0 Å². The van der Waals surface area contributed by atoms with Crippen molar-refractivity contribution < 1.29 is 0 Å². The Labute approximate surface area is 57.0 Å². The summed E-state index contributed by atoms with van der Waals surface area (Å²) in [5.41, 5.74) is 5.47. The maximum Gasteiger partial charge on any atom is 0.00191 e. The van der Waals surface area contributed by atoms with E-state index in [0.717, 1.165) is 6.54 Å². The SMILES string of the molecule is CC(CN)CN1CCC1. The molecule has 9 heavy (non-hydrogen) atoms. The van der Waals surface area contributed by atoms with Gasteiger partial charge in [-0.05, 0) is 32.0 Å². The average Bonchev–Trinajstić information content (AvgIpc) is 1.78. The van der Waals surface area contributed by atoms with Crippen LogP contribution in [0.15, 0.2) is 0 Å². The quantitative estimate of drug-likeness (QED) is 0.592. The van der Waals surface area contributed by atoms with E-state index < -0.39 is 0 Å². The highest BCUT2D eigenvalue weighted by molar-refractivity contribution is 4.70. The van der Waals surface area contributed by atoms with E-state index >= 15 is 0 Å². The first-order valence-electron chi connectivity index (χ1n) is 3.75. The highest BCUT2D eigenvalue weighted by atomic mass is 15.2. The lowest BCUT2D eigenvalue weighted by Crippen LogP contribution is -2.41. The van der Waals surface area contributed by atoms with E-state index in [1.165, 1.54) is 26.1 Å². The first-order chi connectivity index (χ1) is 4.33. The molecule has 1 aliphatic heterocycles. The highest BCUT2D eigenvalue weighted by Gasteiger charge is 2.14. The molecule has 0 spiro atoms. The molecule has 0 aromatic carbocycles. The third kappa shape index (κ3) is 1.95. The Bertz CT molecular complexity index is 76.2. The number of rotatable bonds is 3. The summed E-state index contributed by atoms with van der Waals surface area (Å²) in [7, 11) is 0. The van der Waals surface area contributed by atoms with Crippen LogP contribution in [-0.2, 0) is 0 Å². The van der Waals surface area contributed by atoms with Gasteiger partial charge in [-0.1, -0.05) is 6.92 Å². The second-order valence-electron chi connectivity index (χ2n) is 3.00. The summed E-state index contributed by atoms with van der Waals surface area (Å²) in [5.74, 6) is 0.685. The molecule has 0 aliphatic carbocycles. The fourth-order valence-corrected chi connectivity index (χ4v) is 1.08. The lowest BCUT2D eigenvalue weighted by Gasteiger charge is -2.32. The zero-order chi connectivity index (χ0) is 6.69. The number of hydrogen-bond donors (Lipinski definition) is 1. The molecule has 2 N–H and O–H groups in total. The van der Waals surface area contributed by atoms with Crippen LogP contribution in [0.5, 0.6) is 0 Å². The zero-order valence-corrected chi connectivity index (χ0v) is 6.14. The predicted molar refractivity (Wildman–Crippen MR) is 39.3 cm³/mol. The van der Waals surface area contributed by atoms with Gasteiger partial charge >= 0.3 is 0 Å². The minimum atomic E-state index is 0.685. The van der Waals surface area contributed by atoms with E-state index in [0.29, 0.717) is 5.92 Å². The van der Waals surface area contributed by atoms with Crippen LogP contribution in [0, 0.1) is 5.92 Å². The fraction of sp³-hybridized carbons (Fsp3) is 1.00. The van der Waals surface area contributed by atoms with E-state index in [1.807, 2.05) is 0 Å². The van der Waals surface area contributed by atoms with Gasteiger partial charge in [0.1, 0.15) is 0 Å². The van der Waals surface area contributed by atoms with Crippen LogP contribution < -0.4 is 5.73 Å². The molecule has 1 heterocycles. The van der Waals surface area contributed by atoms with Crippen LogP contribution in [0.2, 0.25) is 0 Å². The van der Waals surface area contributed by atoms with Crippen molar-refractivity contribution in [3.8, 4) is 0 Å². The Morgan fingerprint density at radius 2 is 2.22 bits per heavy atom. The molecule has 1 fully saturated rings. The van der Waals surface area contributed by atoms with Gasteiger partial charge in [-0.3, -0.25) is 0 Å². The van der Waals surface area contributed by atoms with Gasteiger partial charge in [-0.25, -0.2) is 0 Å². The van der Waals surface area contributed by atoms with Crippen molar-refractivity contribution in [3.05, 3.63) is 0 Å². The molecule has 1 saturated heterocycles. The molecule has 54 valence electrons. The minimum absolute atomic E-state index is 0.685. The van der Waals surface area contributed by atoms with E-state index in [4.69, 9.17) is 5.73 Å². The molecule has 1 rings (SSSR count). The molecule has 2 heteroatoms. The molecular formula is C7H16N2. The van der Waals surface area contributed by atoms with Crippen LogP contribution in [0.4, 0.5) is 0 Å². The van der Waals surface area contributed by atoms with E-state index in [2.05, 4.69) is 11.8 Å². The maximum atomic E-state index is 5.47. The van der Waals surface area contributed by atoms with Gasteiger partial charge in [0.25, 0.3) is 0 Å². The average molecular weight is 128 g/mol. The molecule has 0 aromatic heterocycles. The summed E-state index contributed by atoms with van der Waals surface area (Å²) in [5, 5.41) is 0. The number of likely N-dealkylation sites (tertiary alicyclic amines) is 1. The summed E-state index contributed by atoms with van der Waals surface area (Å²) < 4.78 is 0. The monoisotopic (exact) mass is 128 g/mol. The van der Waals surface area contributed by atoms with Crippen molar-refractivity contribution in [1.29, 1.82) is 0 Å². The first-order valence-corrected chi connectivity index (χ1v) is 3.75. The molecule has 0 amide bonds. The molecule has 0 radical (unpaired) electrons. The number of nitrogens with zero attached hydrogens (tertiary/aromatic N) is 1. The molecule has 0 aromatic rings. The second-order valence-corrected chi connectivity index (χ2v) is 3.00. The fourth-order valence-electron chi connectivity index (χ4n) is 1.08. The van der Waals surface area contributed by atoms with Crippen LogP contribution in [0.3, 0.4) is 0 Å². The van der Waals surface area contributed by atoms with E-state index in [9.17, 15) is 0 Å². The van der Waals surface area contributed by atoms with Gasteiger partial charge in [0.2, 0.25) is 0 Å². The Balaban J connectivity index is 2.01. The first kappa shape index (κ1) is 7.03. The van der Waals surface area contributed by atoms with Gasteiger partial charge in [0.05, 0.1) is 0 Å². The van der Waals surface area contributed by atoms with Crippen molar-refractivity contribution >= 4 is 0 Å². The van der Waals surface area contributed by atoms with Crippen molar-refractivity contribution in [2.24, 2.45) is 11.7 Å². The third-order valence-electron chi connectivity index (χ3n) is 1.92. The standard InChI is InChI=1S/C7H16N2/c1-7(5-8)6-9-3-2-4-9/h7H,2-6,8H2,1H3. The zero-order valence-electron chi connectivity index (χ0n) is 6.14. The van der Waals surface area contributed by atoms with Crippen LogP contribution >= 0.6 is 0 Å². The van der Waals surface area contributed by atoms with Gasteiger partial charge in [0.15, 0.2) is 0 Å². The van der Waals surface area contributed by atoms with Crippen molar-refractivity contribution in [2.45, 2.75) is 13.3 Å². The Morgan fingerprint density at radius 1 is 1.56 bits per heavy atom. The lowest BCUT2D eigenvalue weighted by molar-refractivity contribution is 0.158. The highest BCUT2D eigenvalue weighted by Crippen LogP contribution is 2.07. The third-order valence-corrected chi connectivity index (χ3v) is 1.92. The van der Waals surface area contributed by atoms with Crippen LogP contribution in [0.1, 0.15) is 13.3 Å². The van der Waals surface area contributed by atoms with Gasteiger partial charge in [-0.2, -0.15) is 0 Å². The predicted octanol–water partition coefficient (Wildman–Crippen LogP) is 0.287. The van der Waals surface area contributed by atoms with Gasteiger partial charge < -0.3 is 10.6 Å². The van der Waals surface area contributed by atoms with Gasteiger partial charge in [0, 0.05) is 6.54 Å². The van der Waals surface area contributed by atoms with Gasteiger partial charge in [-0.15, -0.1) is 0 Å².